The van der Waals surface area contributed by atoms with Crippen LogP contribution in [0.1, 0.15) is 59.6 Å². The zero-order valence-corrected chi connectivity index (χ0v) is 26.5. The van der Waals surface area contributed by atoms with Crippen LogP contribution < -0.4 is 5.32 Å². The molecule has 0 spiro atoms. The Morgan fingerprint density at radius 1 is 1.06 bits per heavy atom. The Balaban J connectivity index is 1.21. The number of pyridine rings is 1. The Kier molecular flexibility index (Phi) is 7.18. The van der Waals surface area contributed by atoms with Crippen molar-refractivity contribution in [3.05, 3.63) is 77.0 Å². The van der Waals surface area contributed by atoms with Crippen LogP contribution in [0.15, 0.2) is 48.9 Å². The number of carbonyl (C=O) groups excluding carboxylic acids is 3. The van der Waals surface area contributed by atoms with E-state index in [0.29, 0.717) is 51.6 Å². The first-order valence-electron chi connectivity index (χ1n) is 15.4. The lowest BCUT2D eigenvalue weighted by Crippen LogP contribution is -2.46. The standard InChI is InChI=1S/C34H31F4N7O3/c1-17-5-6-26(34(36,37)38)40-31(17)41-32(48)25-10-33(4)11-27(33)45(25)29(47)16-43-15-24(19(3)46)23-9-20(8-21(12-35)30(23)43)22-13-39-28-7-18(2)42-44(28)14-22/h5-9,13-15,25,27H,10-12,16H2,1-4H3,(H,40,41,48)/t25-,27+,33-/m0/s1. The molecule has 3 atom stereocenters. The molecule has 1 aliphatic heterocycles. The maximum absolute atomic E-state index is 14.7. The molecule has 2 fully saturated rings. The van der Waals surface area contributed by atoms with Gasteiger partial charge in [-0.15, -0.1) is 0 Å². The minimum atomic E-state index is -4.70. The summed E-state index contributed by atoms with van der Waals surface area (Å²) in [4.78, 5) is 49.9. The Morgan fingerprint density at radius 3 is 2.54 bits per heavy atom. The van der Waals surface area contributed by atoms with E-state index in [1.807, 2.05) is 19.9 Å². The van der Waals surface area contributed by atoms with Crippen LogP contribution in [0, 0.1) is 19.3 Å². The second-order valence-corrected chi connectivity index (χ2v) is 13.1. The normalized spacial score (nSPS) is 20.4. The highest BCUT2D eigenvalue weighted by atomic mass is 19.4. The van der Waals surface area contributed by atoms with Gasteiger partial charge < -0.3 is 14.8 Å². The van der Waals surface area contributed by atoms with E-state index in [1.54, 1.807) is 29.0 Å². The van der Waals surface area contributed by atoms with Crippen molar-refractivity contribution in [2.45, 2.75) is 72.0 Å². The summed E-state index contributed by atoms with van der Waals surface area (Å²) in [6.45, 7) is 5.56. The SMILES string of the molecule is CC(=O)c1cn(CC(=O)N2[C@H](C(=O)Nc3nc(C(F)(F)F)ccc3C)C[C@@]3(C)C[C@@H]23)c2c(CF)cc(-c3cnc4cc(C)nn4c3)cc12. The van der Waals surface area contributed by atoms with Crippen LogP contribution in [0.25, 0.3) is 27.7 Å². The number of alkyl halides is 4. The number of hydrogen-bond acceptors (Lipinski definition) is 6. The maximum Gasteiger partial charge on any atom is 0.433 e. The number of anilines is 1. The number of amides is 2. The summed E-state index contributed by atoms with van der Waals surface area (Å²) in [5.74, 6) is -1.57. The number of fused-ring (bicyclic) bond motifs is 3. The summed E-state index contributed by atoms with van der Waals surface area (Å²) in [5.41, 5.74) is 2.54. The number of hydrogen-bond donors (Lipinski definition) is 1. The third kappa shape index (κ3) is 5.28. The number of nitrogens with one attached hydrogen (secondary N) is 1. The Bertz CT molecular complexity index is 2170. The molecule has 0 bridgehead atoms. The van der Waals surface area contributed by atoms with Gasteiger partial charge >= 0.3 is 6.18 Å². The number of piperidine rings is 1. The number of aryl methyl sites for hydroxylation is 2. The molecule has 2 amide bonds. The van der Waals surface area contributed by atoms with Gasteiger partial charge in [-0.1, -0.05) is 13.0 Å². The predicted octanol–water partition coefficient (Wildman–Crippen LogP) is 6.07. The average molecular weight is 662 g/mol. The summed E-state index contributed by atoms with van der Waals surface area (Å²) in [5, 5.41) is 7.39. The number of ketones is 1. The first-order chi connectivity index (χ1) is 22.7. The van der Waals surface area contributed by atoms with Crippen LogP contribution in [0.2, 0.25) is 0 Å². The van der Waals surface area contributed by atoms with E-state index in [9.17, 15) is 31.9 Å². The lowest BCUT2D eigenvalue weighted by molar-refractivity contribution is -0.141. The quantitative estimate of drug-likeness (QED) is 0.167. The van der Waals surface area contributed by atoms with E-state index >= 15 is 0 Å². The molecule has 1 aromatic carbocycles. The highest BCUT2D eigenvalue weighted by Crippen LogP contribution is 2.59. The Labute approximate surface area is 271 Å². The highest BCUT2D eigenvalue weighted by molar-refractivity contribution is 6.09. The number of Topliss-reactive ketones (excluding diaryl/α,β-unsaturated/α-hetero) is 1. The number of benzene rings is 1. The van der Waals surface area contributed by atoms with Gasteiger partial charge in [0.15, 0.2) is 11.4 Å². The lowest BCUT2D eigenvalue weighted by Gasteiger charge is -2.27. The molecule has 248 valence electrons. The summed E-state index contributed by atoms with van der Waals surface area (Å²) < 4.78 is 57.8. The van der Waals surface area contributed by atoms with E-state index in [0.717, 1.165) is 11.8 Å². The number of likely N-dealkylation sites (tertiary alicyclic amines) is 1. The number of aromatic nitrogens is 5. The van der Waals surface area contributed by atoms with Crippen molar-refractivity contribution in [1.29, 1.82) is 0 Å². The fraction of sp³-hybridized carbons (Fsp3) is 0.353. The highest BCUT2D eigenvalue weighted by Gasteiger charge is 2.64. The van der Waals surface area contributed by atoms with Crippen molar-refractivity contribution in [2.75, 3.05) is 5.32 Å². The van der Waals surface area contributed by atoms with Crippen LogP contribution in [-0.2, 0) is 29.0 Å². The summed E-state index contributed by atoms with van der Waals surface area (Å²) in [7, 11) is 0. The van der Waals surface area contributed by atoms with Gasteiger partial charge in [-0.2, -0.15) is 18.3 Å². The van der Waals surface area contributed by atoms with Gasteiger partial charge in [0.25, 0.3) is 0 Å². The van der Waals surface area contributed by atoms with Gasteiger partial charge in [-0.25, -0.2) is 18.9 Å². The van der Waals surface area contributed by atoms with E-state index < -0.39 is 36.4 Å². The molecule has 5 aromatic rings. The van der Waals surface area contributed by atoms with E-state index in [2.05, 4.69) is 20.4 Å². The van der Waals surface area contributed by atoms with Gasteiger partial charge in [-0.3, -0.25) is 14.4 Å². The Hall–Kier alpha value is -5.14. The molecule has 5 heterocycles. The molecule has 14 heteroatoms. The first-order valence-corrected chi connectivity index (χ1v) is 15.4. The van der Waals surface area contributed by atoms with E-state index in [1.165, 1.54) is 35.6 Å². The molecule has 7 rings (SSSR count). The zero-order chi connectivity index (χ0) is 34.3. The third-order valence-corrected chi connectivity index (χ3v) is 9.50. The van der Waals surface area contributed by atoms with E-state index in [4.69, 9.17) is 0 Å². The average Bonchev–Trinajstić information content (AvgIpc) is 3.29. The largest absolute Gasteiger partial charge is 0.433 e. The molecule has 0 unspecified atom stereocenters. The molecular formula is C34H31F4N7O3. The van der Waals surface area contributed by atoms with Crippen molar-refractivity contribution in [3.8, 4) is 11.1 Å². The van der Waals surface area contributed by atoms with Gasteiger partial charge in [-0.05, 0) is 68.4 Å². The van der Waals surface area contributed by atoms with Crippen molar-refractivity contribution in [2.24, 2.45) is 5.41 Å². The van der Waals surface area contributed by atoms with Gasteiger partial charge in [0, 0.05) is 52.8 Å². The topological polar surface area (TPSA) is 114 Å². The minimum absolute atomic E-state index is 0.226. The van der Waals surface area contributed by atoms with Gasteiger partial charge in [0.05, 0.1) is 11.2 Å². The number of nitrogens with zero attached hydrogens (tertiary/aromatic N) is 6. The Morgan fingerprint density at radius 2 is 1.83 bits per heavy atom. The fourth-order valence-corrected chi connectivity index (χ4v) is 6.95. The number of halogens is 4. The molecule has 1 N–H and O–H groups in total. The molecular weight excluding hydrogens is 630 g/mol. The molecule has 1 saturated heterocycles. The minimum Gasteiger partial charge on any atom is -0.337 e. The van der Waals surface area contributed by atoms with Gasteiger partial charge in [0.1, 0.15) is 30.8 Å². The summed E-state index contributed by atoms with van der Waals surface area (Å²) in [6, 6.07) is 6.12. The first kappa shape index (κ1) is 31.5. The van der Waals surface area contributed by atoms with Crippen molar-refractivity contribution in [1.82, 2.24) is 29.0 Å². The molecule has 48 heavy (non-hydrogen) atoms. The monoisotopic (exact) mass is 661 g/mol. The van der Waals surface area contributed by atoms with Crippen molar-refractivity contribution >= 4 is 40.0 Å². The van der Waals surface area contributed by atoms with Crippen molar-refractivity contribution in [3.63, 3.8) is 0 Å². The molecule has 0 radical (unpaired) electrons. The molecule has 10 nitrogen and oxygen atoms in total. The smallest absolute Gasteiger partial charge is 0.337 e. The molecule has 2 aliphatic rings. The summed E-state index contributed by atoms with van der Waals surface area (Å²) >= 11 is 0. The van der Waals surface area contributed by atoms with Crippen molar-refractivity contribution < 1.29 is 31.9 Å². The van der Waals surface area contributed by atoms with Crippen LogP contribution in [0.4, 0.5) is 23.4 Å². The lowest BCUT2D eigenvalue weighted by atomic mass is 10.00. The predicted molar refractivity (Wildman–Crippen MR) is 168 cm³/mol. The third-order valence-electron chi connectivity index (χ3n) is 9.50. The van der Waals surface area contributed by atoms with Crippen LogP contribution in [0.3, 0.4) is 0 Å². The molecule has 1 aliphatic carbocycles. The van der Waals surface area contributed by atoms with E-state index in [-0.39, 0.29) is 35.2 Å². The number of carbonyl (C=O) groups is 3. The maximum atomic E-state index is 14.7. The zero-order valence-electron chi connectivity index (χ0n) is 26.5. The fourth-order valence-electron chi connectivity index (χ4n) is 6.95. The van der Waals surface area contributed by atoms with Crippen LogP contribution >= 0.6 is 0 Å². The van der Waals surface area contributed by atoms with Crippen LogP contribution in [-0.4, -0.2) is 58.7 Å². The second kappa shape index (κ2) is 11.0. The van der Waals surface area contributed by atoms with Crippen LogP contribution in [0.5, 0.6) is 0 Å². The molecule has 1 saturated carbocycles. The second-order valence-electron chi connectivity index (χ2n) is 13.1. The number of rotatable bonds is 7. The van der Waals surface area contributed by atoms with Gasteiger partial charge in [0.2, 0.25) is 11.8 Å². The molecule has 4 aromatic heterocycles. The summed E-state index contributed by atoms with van der Waals surface area (Å²) in [6.07, 6.45) is 1.24.